The number of carboxylic acids is 1. The molecular weight excluding hydrogens is 308 g/mol. The summed E-state index contributed by atoms with van der Waals surface area (Å²) in [5.41, 5.74) is 2.39. The Morgan fingerprint density at radius 3 is 2.79 bits per heavy atom. The maximum absolute atomic E-state index is 11.7. The minimum atomic E-state index is -0.864. The molecule has 0 aromatic heterocycles. The predicted octanol–water partition coefficient (Wildman–Crippen LogP) is 3.56. The molecule has 96 valence electrons. The van der Waals surface area contributed by atoms with Gasteiger partial charge in [-0.2, -0.15) is 0 Å². The van der Waals surface area contributed by atoms with E-state index in [0.717, 1.165) is 15.6 Å². The first-order chi connectivity index (χ1) is 9.16. The van der Waals surface area contributed by atoms with Crippen molar-refractivity contribution in [3.8, 4) is 5.75 Å². The van der Waals surface area contributed by atoms with Gasteiger partial charge in [-0.05, 0) is 29.3 Å². The van der Waals surface area contributed by atoms with Crippen molar-refractivity contribution in [2.45, 2.75) is 12.5 Å². The molecule has 0 amide bonds. The van der Waals surface area contributed by atoms with E-state index < -0.39 is 11.9 Å². The van der Waals surface area contributed by atoms with Gasteiger partial charge in [-0.15, -0.1) is 0 Å². The lowest BCUT2D eigenvalue weighted by Crippen LogP contribution is -2.13. The molecule has 1 aliphatic heterocycles. The minimum absolute atomic E-state index is 0.392. The molecule has 3 rings (SSSR count). The molecule has 0 bridgehead atoms. The van der Waals surface area contributed by atoms with E-state index >= 15 is 0 Å². The number of benzene rings is 2. The van der Waals surface area contributed by atoms with Gasteiger partial charge in [0.25, 0.3) is 0 Å². The van der Waals surface area contributed by atoms with E-state index in [1.165, 1.54) is 0 Å². The largest absolute Gasteiger partial charge is 0.489 e. The number of ether oxygens (including phenoxy) is 1. The van der Waals surface area contributed by atoms with Gasteiger partial charge in [0, 0.05) is 10.0 Å². The first kappa shape index (κ1) is 12.2. The van der Waals surface area contributed by atoms with Crippen LogP contribution in [-0.4, -0.2) is 11.1 Å². The van der Waals surface area contributed by atoms with Gasteiger partial charge in [0.15, 0.2) is 0 Å². The standard InChI is InChI=1S/C15H11BrO3/c16-10-6-5-9-8-19-13-4-2-1-3-11(13)14(15(17)18)12(9)7-10/h1-7,14H,8H2,(H,17,18)/t14-/m0/s1. The molecule has 1 atom stereocenters. The quantitative estimate of drug-likeness (QED) is 0.874. The minimum Gasteiger partial charge on any atom is -0.489 e. The van der Waals surface area contributed by atoms with Crippen molar-refractivity contribution in [2.75, 3.05) is 0 Å². The summed E-state index contributed by atoms with van der Waals surface area (Å²) in [6.45, 7) is 0.392. The van der Waals surface area contributed by atoms with Crippen LogP contribution in [0, 0.1) is 0 Å². The van der Waals surface area contributed by atoms with Crippen molar-refractivity contribution < 1.29 is 14.6 Å². The molecule has 1 N–H and O–H groups in total. The van der Waals surface area contributed by atoms with Gasteiger partial charge >= 0.3 is 5.97 Å². The molecule has 2 aromatic carbocycles. The van der Waals surface area contributed by atoms with Crippen LogP contribution in [-0.2, 0) is 11.4 Å². The lowest BCUT2D eigenvalue weighted by atomic mass is 9.88. The molecule has 0 radical (unpaired) electrons. The Kier molecular flexibility index (Phi) is 3.03. The lowest BCUT2D eigenvalue weighted by molar-refractivity contribution is -0.137. The Morgan fingerprint density at radius 1 is 1.21 bits per heavy atom. The fourth-order valence-corrected chi connectivity index (χ4v) is 2.78. The van der Waals surface area contributed by atoms with Gasteiger partial charge in [0.1, 0.15) is 18.3 Å². The summed E-state index contributed by atoms with van der Waals surface area (Å²) >= 11 is 3.40. The molecule has 2 aromatic rings. The van der Waals surface area contributed by atoms with Crippen LogP contribution < -0.4 is 4.74 Å². The first-order valence-corrected chi connectivity index (χ1v) is 6.69. The smallest absolute Gasteiger partial charge is 0.315 e. The second-order valence-electron chi connectivity index (χ2n) is 4.44. The highest BCUT2D eigenvalue weighted by Crippen LogP contribution is 2.38. The van der Waals surface area contributed by atoms with Crippen LogP contribution in [0.4, 0.5) is 0 Å². The number of para-hydroxylation sites is 1. The molecule has 19 heavy (non-hydrogen) atoms. The molecule has 1 aliphatic rings. The zero-order valence-corrected chi connectivity index (χ0v) is 11.6. The molecule has 1 heterocycles. The fraction of sp³-hybridized carbons (Fsp3) is 0.133. The molecule has 0 aliphatic carbocycles. The summed E-state index contributed by atoms with van der Waals surface area (Å²) in [5.74, 6) is -0.911. The predicted molar refractivity (Wildman–Crippen MR) is 74.4 cm³/mol. The zero-order chi connectivity index (χ0) is 13.4. The van der Waals surface area contributed by atoms with E-state index in [4.69, 9.17) is 4.74 Å². The summed E-state index contributed by atoms with van der Waals surface area (Å²) < 4.78 is 6.59. The second-order valence-corrected chi connectivity index (χ2v) is 5.36. The number of carbonyl (C=O) groups is 1. The van der Waals surface area contributed by atoms with Crippen molar-refractivity contribution in [2.24, 2.45) is 0 Å². The van der Waals surface area contributed by atoms with Crippen molar-refractivity contribution in [3.63, 3.8) is 0 Å². The van der Waals surface area contributed by atoms with Crippen LogP contribution in [0.25, 0.3) is 0 Å². The second kappa shape index (κ2) is 4.70. The Labute approximate surface area is 119 Å². The number of carboxylic acid groups (broad SMARTS) is 1. The molecule has 0 fully saturated rings. The fourth-order valence-electron chi connectivity index (χ4n) is 2.41. The summed E-state index contributed by atoms with van der Waals surface area (Å²) in [5, 5.41) is 9.58. The number of halogens is 1. The molecule has 0 unspecified atom stereocenters. The summed E-state index contributed by atoms with van der Waals surface area (Å²) in [6.07, 6.45) is 0. The van der Waals surface area contributed by atoms with Crippen molar-refractivity contribution >= 4 is 21.9 Å². The summed E-state index contributed by atoms with van der Waals surface area (Å²) in [4.78, 5) is 11.7. The highest BCUT2D eigenvalue weighted by Gasteiger charge is 2.30. The number of rotatable bonds is 1. The molecule has 4 heteroatoms. The maximum atomic E-state index is 11.7. The first-order valence-electron chi connectivity index (χ1n) is 5.89. The Morgan fingerprint density at radius 2 is 2.00 bits per heavy atom. The van der Waals surface area contributed by atoms with Crippen LogP contribution >= 0.6 is 15.9 Å². The molecule has 0 saturated heterocycles. The van der Waals surface area contributed by atoms with Crippen molar-refractivity contribution in [1.82, 2.24) is 0 Å². The van der Waals surface area contributed by atoms with Crippen molar-refractivity contribution in [3.05, 3.63) is 63.6 Å². The molecule has 0 saturated carbocycles. The van der Waals surface area contributed by atoms with E-state index in [1.807, 2.05) is 42.5 Å². The van der Waals surface area contributed by atoms with Crippen LogP contribution in [0.1, 0.15) is 22.6 Å². The van der Waals surface area contributed by atoms with E-state index in [1.54, 1.807) is 0 Å². The SMILES string of the molecule is O=C(O)[C@@H]1c2cc(Br)ccc2COc2ccccc21. The van der Waals surface area contributed by atoms with Gasteiger partial charge in [0.05, 0.1) is 0 Å². The van der Waals surface area contributed by atoms with Crippen LogP contribution in [0.3, 0.4) is 0 Å². The third-order valence-corrected chi connectivity index (χ3v) is 3.77. The van der Waals surface area contributed by atoms with E-state index in [2.05, 4.69) is 15.9 Å². The van der Waals surface area contributed by atoms with Gasteiger partial charge < -0.3 is 9.84 Å². The van der Waals surface area contributed by atoms with Gasteiger partial charge in [0.2, 0.25) is 0 Å². The third-order valence-electron chi connectivity index (χ3n) is 3.28. The van der Waals surface area contributed by atoms with E-state index in [-0.39, 0.29) is 0 Å². The topological polar surface area (TPSA) is 46.5 Å². The maximum Gasteiger partial charge on any atom is 0.315 e. The van der Waals surface area contributed by atoms with E-state index in [0.29, 0.717) is 17.9 Å². The Balaban J connectivity index is 2.25. The van der Waals surface area contributed by atoms with Crippen molar-refractivity contribution in [1.29, 1.82) is 0 Å². The highest BCUT2D eigenvalue weighted by molar-refractivity contribution is 9.10. The Bertz CT molecular complexity index is 652. The van der Waals surface area contributed by atoms with Gasteiger partial charge in [-0.25, -0.2) is 0 Å². The lowest BCUT2D eigenvalue weighted by Gasteiger charge is -2.14. The van der Waals surface area contributed by atoms with Gasteiger partial charge in [-0.1, -0.05) is 40.2 Å². The van der Waals surface area contributed by atoms with Gasteiger partial charge in [-0.3, -0.25) is 4.79 Å². The molecular formula is C15H11BrO3. The van der Waals surface area contributed by atoms with Crippen LogP contribution in [0.2, 0.25) is 0 Å². The average molecular weight is 319 g/mol. The molecule has 0 spiro atoms. The normalized spacial score (nSPS) is 16.8. The number of hydrogen-bond donors (Lipinski definition) is 1. The summed E-state index contributed by atoms with van der Waals surface area (Å²) in [6, 6.07) is 13.0. The number of aliphatic carboxylic acids is 1. The summed E-state index contributed by atoms with van der Waals surface area (Å²) in [7, 11) is 0. The van der Waals surface area contributed by atoms with E-state index in [9.17, 15) is 9.90 Å². The monoisotopic (exact) mass is 318 g/mol. The zero-order valence-electron chi connectivity index (χ0n) is 9.97. The third kappa shape index (κ3) is 2.12. The number of fused-ring (bicyclic) bond motifs is 2. The highest BCUT2D eigenvalue weighted by atomic mass is 79.9. The average Bonchev–Trinajstić information content (AvgIpc) is 2.54. The Hall–Kier alpha value is -1.81. The van der Waals surface area contributed by atoms with Crippen LogP contribution in [0.5, 0.6) is 5.75 Å². The van der Waals surface area contributed by atoms with Crippen LogP contribution in [0.15, 0.2) is 46.9 Å². The molecule has 3 nitrogen and oxygen atoms in total. The number of hydrogen-bond acceptors (Lipinski definition) is 2.